The van der Waals surface area contributed by atoms with Crippen LogP contribution in [0.4, 0.5) is 0 Å². The second-order valence-corrected chi connectivity index (χ2v) is 12.9. The number of aromatic nitrogens is 1. The van der Waals surface area contributed by atoms with E-state index in [1.807, 2.05) is 31.3 Å². The molecule has 1 heterocycles. The first-order chi connectivity index (χ1) is 11.9. The van der Waals surface area contributed by atoms with E-state index in [4.69, 9.17) is 26.6 Å². The molecule has 0 aliphatic rings. The predicted octanol–water partition coefficient (Wildman–Crippen LogP) is 1.48. The Morgan fingerprint density at radius 2 is 1.28 bits per heavy atom. The Balaban J connectivity index is 3.88. The van der Waals surface area contributed by atoms with Gasteiger partial charge in [0.05, 0.1) is 0 Å². The fourth-order valence-electron chi connectivity index (χ4n) is 3.59. The summed E-state index contributed by atoms with van der Waals surface area (Å²) in [5.41, 5.74) is 0.936. The second-order valence-electron chi connectivity index (χ2n) is 5.74. The van der Waals surface area contributed by atoms with Crippen molar-refractivity contribution >= 4 is 17.6 Å². The molecule has 1 rings (SSSR count). The van der Waals surface area contributed by atoms with Crippen LogP contribution in [-0.4, -0.2) is 60.3 Å². The Kier molecular flexibility index (Phi) is 8.35. The van der Waals surface area contributed by atoms with Crippen LogP contribution < -0.4 is 4.57 Å². The fraction of sp³-hybridized carbons (Fsp3) is 0.688. The topological polar surface area (TPSA) is 59.3 Å². The van der Waals surface area contributed by atoms with Crippen molar-refractivity contribution in [2.24, 2.45) is 0 Å². The molecule has 0 aromatic carbocycles. The van der Waals surface area contributed by atoms with Crippen LogP contribution in [-0.2, 0) is 37.8 Å². The average molecular weight is 391 g/mol. The number of rotatable bonds is 11. The lowest BCUT2D eigenvalue weighted by Crippen LogP contribution is -2.77. The van der Waals surface area contributed by atoms with E-state index < -0.39 is 22.3 Å². The summed E-state index contributed by atoms with van der Waals surface area (Å²) in [7, 11) is 2.92. The molecule has 25 heavy (non-hydrogen) atoms. The molecule has 0 amide bonds. The zero-order valence-electron chi connectivity index (χ0n) is 16.6. The molecule has 1 aromatic rings. The molecule has 1 aromatic heterocycles. The molecule has 0 unspecified atom stereocenters. The maximum Gasteiger partial charge on any atom is 0.522 e. The van der Waals surface area contributed by atoms with Crippen molar-refractivity contribution in [1.29, 1.82) is 0 Å². The van der Waals surface area contributed by atoms with Crippen molar-refractivity contribution in [3.63, 3.8) is 0 Å². The highest BCUT2D eigenvalue weighted by molar-refractivity contribution is 6.84. The maximum absolute atomic E-state index is 5.88. The van der Waals surface area contributed by atoms with Crippen LogP contribution in [0.2, 0.25) is 0 Å². The third-order valence-electron chi connectivity index (χ3n) is 4.75. The number of aryl methyl sites for hydroxylation is 1. The maximum atomic E-state index is 5.88. The average Bonchev–Trinajstić information content (AvgIpc) is 2.66. The molecule has 0 aliphatic carbocycles. The Labute approximate surface area is 153 Å². The van der Waals surface area contributed by atoms with E-state index >= 15 is 0 Å². The van der Waals surface area contributed by atoms with Gasteiger partial charge in [0.2, 0.25) is 0 Å². The monoisotopic (exact) mass is 390 g/mol. The Hall–Kier alpha value is -0.656. The van der Waals surface area contributed by atoms with Crippen molar-refractivity contribution in [3.05, 3.63) is 30.1 Å². The summed E-state index contributed by atoms with van der Waals surface area (Å²) in [5, 5.41) is 0. The van der Waals surface area contributed by atoms with Crippen molar-refractivity contribution in [2.75, 3.05) is 42.7 Å². The summed E-state index contributed by atoms with van der Waals surface area (Å²) in [5.74, 6) is 0. The smallest absolute Gasteiger partial charge is 0.376 e. The molecule has 0 spiro atoms. The first kappa shape index (κ1) is 22.4. The predicted molar refractivity (Wildman–Crippen MR) is 97.8 cm³/mol. The van der Waals surface area contributed by atoms with Crippen molar-refractivity contribution in [2.45, 2.75) is 31.5 Å². The molecule has 0 saturated heterocycles. The van der Waals surface area contributed by atoms with Gasteiger partial charge in [-0.05, 0) is 6.92 Å². The molecule has 0 atom stereocenters. The molecule has 144 valence electrons. The quantitative estimate of drug-likeness (QED) is 0.421. The minimum absolute atomic E-state index is 0.828. The van der Waals surface area contributed by atoms with Gasteiger partial charge in [-0.2, -0.15) is 0 Å². The van der Waals surface area contributed by atoms with Crippen LogP contribution >= 0.6 is 0 Å². The molecule has 7 nitrogen and oxygen atoms in total. The summed E-state index contributed by atoms with van der Waals surface area (Å²) in [6, 6.07) is 5.98. The van der Waals surface area contributed by atoms with Gasteiger partial charge in [0.15, 0.2) is 16.6 Å². The van der Waals surface area contributed by atoms with Crippen LogP contribution in [0.15, 0.2) is 24.4 Å². The molecule has 0 bridgehead atoms. The normalized spacial score (nSPS) is 13.3. The van der Waals surface area contributed by atoms with Gasteiger partial charge in [-0.3, -0.25) is 0 Å². The third kappa shape index (κ3) is 3.47. The Morgan fingerprint density at radius 3 is 1.64 bits per heavy atom. The van der Waals surface area contributed by atoms with E-state index in [-0.39, 0.29) is 0 Å². The van der Waals surface area contributed by atoms with Crippen molar-refractivity contribution in [3.8, 4) is 0 Å². The van der Waals surface area contributed by atoms with Crippen molar-refractivity contribution in [1.82, 2.24) is 0 Å². The molecule has 0 aliphatic heterocycles. The van der Waals surface area contributed by atoms with E-state index in [0.717, 1.165) is 18.7 Å². The van der Waals surface area contributed by atoms with Gasteiger partial charge in [-0.25, -0.2) is 4.57 Å². The summed E-state index contributed by atoms with van der Waals surface area (Å²) < 4.78 is 36.5. The minimum atomic E-state index is -3.30. The standard InChI is InChI=1S/C16H32NO6Si2/c1-9-13-17-14-11-10-12-15(17)16(2,24(18-3,19-4)20-5)25(21-6,22-7)23-8/h10-12,14H,9,13H2,1-8H3/q+1. The molecular formula is C16H32NO6Si2+. The van der Waals surface area contributed by atoms with Crippen LogP contribution in [0.3, 0.4) is 0 Å². The minimum Gasteiger partial charge on any atom is -0.376 e. The van der Waals surface area contributed by atoms with Crippen LogP contribution in [0.1, 0.15) is 26.0 Å². The summed E-state index contributed by atoms with van der Waals surface area (Å²) in [6.45, 7) is 4.94. The van der Waals surface area contributed by atoms with Crippen LogP contribution in [0, 0.1) is 0 Å². The summed E-state index contributed by atoms with van der Waals surface area (Å²) in [4.78, 5) is 0. The SMILES string of the molecule is CCC[n+]1ccccc1C(C)([Si](OC)(OC)OC)[Si](OC)(OC)OC. The highest BCUT2D eigenvalue weighted by Gasteiger charge is 2.78. The van der Waals surface area contributed by atoms with E-state index in [1.54, 1.807) is 42.7 Å². The lowest BCUT2D eigenvalue weighted by Gasteiger charge is -2.45. The first-order valence-corrected chi connectivity index (χ1v) is 11.7. The Bertz CT molecular complexity index is 501. The highest BCUT2D eigenvalue weighted by atomic mass is 28.5. The van der Waals surface area contributed by atoms with Gasteiger partial charge in [-0.1, -0.05) is 13.0 Å². The van der Waals surface area contributed by atoms with E-state index in [0.29, 0.717) is 0 Å². The summed E-state index contributed by atoms with van der Waals surface area (Å²) in [6.07, 6.45) is 3.00. The fourth-order valence-corrected chi connectivity index (χ4v) is 11.5. The lowest BCUT2D eigenvalue weighted by molar-refractivity contribution is -0.706. The number of hydrogen-bond donors (Lipinski definition) is 0. The highest BCUT2D eigenvalue weighted by Crippen LogP contribution is 2.42. The zero-order valence-corrected chi connectivity index (χ0v) is 18.6. The van der Waals surface area contributed by atoms with Crippen molar-refractivity contribution < 1.29 is 31.1 Å². The van der Waals surface area contributed by atoms with Gasteiger partial charge < -0.3 is 26.6 Å². The number of pyridine rings is 1. The largest absolute Gasteiger partial charge is 0.522 e. The van der Waals surface area contributed by atoms with Crippen LogP contribution in [0.25, 0.3) is 0 Å². The molecule has 0 fully saturated rings. The first-order valence-electron chi connectivity index (χ1n) is 8.22. The second kappa shape index (κ2) is 9.33. The molecule has 0 N–H and O–H groups in total. The van der Waals surface area contributed by atoms with Gasteiger partial charge >= 0.3 is 17.6 Å². The zero-order chi connectivity index (χ0) is 19.1. The number of nitrogens with zero attached hydrogens (tertiary/aromatic N) is 1. The van der Waals surface area contributed by atoms with Gasteiger partial charge in [-0.15, -0.1) is 0 Å². The number of hydrogen-bond acceptors (Lipinski definition) is 6. The molecule has 0 radical (unpaired) electrons. The van der Waals surface area contributed by atoms with E-state index in [9.17, 15) is 0 Å². The van der Waals surface area contributed by atoms with Gasteiger partial charge in [0.1, 0.15) is 6.54 Å². The van der Waals surface area contributed by atoms with E-state index in [1.165, 1.54) is 0 Å². The molecule has 9 heteroatoms. The van der Waals surface area contributed by atoms with E-state index in [2.05, 4.69) is 11.5 Å². The van der Waals surface area contributed by atoms with Crippen LogP contribution in [0.5, 0.6) is 0 Å². The van der Waals surface area contributed by atoms with Gasteiger partial charge in [0, 0.05) is 61.2 Å². The summed E-state index contributed by atoms with van der Waals surface area (Å²) >= 11 is 0. The van der Waals surface area contributed by atoms with Gasteiger partial charge in [0.25, 0.3) is 0 Å². The Morgan fingerprint density at radius 1 is 0.840 bits per heavy atom. The molecule has 0 saturated carbocycles. The molecular weight excluding hydrogens is 358 g/mol. The lowest BCUT2D eigenvalue weighted by atomic mass is 10.2. The third-order valence-corrected chi connectivity index (χ3v) is 12.8.